The lowest BCUT2D eigenvalue weighted by atomic mass is 10.2. The molecule has 0 bridgehead atoms. The van der Waals surface area contributed by atoms with Crippen molar-refractivity contribution in [3.63, 3.8) is 0 Å². The number of anilines is 1. The lowest BCUT2D eigenvalue weighted by Gasteiger charge is -2.10. The van der Waals surface area contributed by atoms with Crippen LogP contribution in [0.3, 0.4) is 0 Å². The molecule has 28 heavy (non-hydrogen) atoms. The minimum absolute atomic E-state index is 0.190. The topological polar surface area (TPSA) is 81.9 Å². The number of nitrogens with one attached hydrogen (secondary N) is 1. The van der Waals surface area contributed by atoms with Gasteiger partial charge in [0.2, 0.25) is 5.88 Å². The molecule has 0 saturated heterocycles. The van der Waals surface area contributed by atoms with Crippen molar-refractivity contribution in [2.24, 2.45) is 13.0 Å². The van der Waals surface area contributed by atoms with Crippen molar-refractivity contribution in [1.29, 1.82) is 0 Å². The molecule has 7 heteroatoms. The molecule has 0 aromatic carbocycles. The van der Waals surface area contributed by atoms with Gasteiger partial charge in [0.05, 0.1) is 6.61 Å². The molecule has 1 aliphatic rings. The number of nitrogens with zero attached hydrogens (tertiary/aromatic N) is 4. The highest BCUT2D eigenvalue weighted by Crippen LogP contribution is 2.46. The molecular formula is C21H23N5O2. The van der Waals surface area contributed by atoms with Gasteiger partial charge in [0, 0.05) is 55.3 Å². The number of hydrogen-bond acceptors (Lipinski definition) is 6. The first-order valence-electron chi connectivity index (χ1n) is 9.37. The van der Waals surface area contributed by atoms with Crippen molar-refractivity contribution in [1.82, 2.24) is 19.7 Å². The van der Waals surface area contributed by atoms with Crippen LogP contribution in [-0.2, 0) is 13.6 Å². The van der Waals surface area contributed by atoms with Gasteiger partial charge in [-0.3, -0.25) is 14.8 Å². The Kier molecular flexibility index (Phi) is 5.06. The van der Waals surface area contributed by atoms with Crippen LogP contribution < -0.4 is 15.6 Å². The van der Waals surface area contributed by atoms with E-state index in [-0.39, 0.29) is 5.56 Å². The van der Waals surface area contributed by atoms with E-state index in [0.29, 0.717) is 36.6 Å². The zero-order valence-electron chi connectivity index (χ0n) is 16.0. The summed E-state index contributed by atoms with van der Waals surface area (Å²) in [7, 11) is 1.63. The van der Waals surface area contributed by atoms with Crippen LogP contribution in [0.2, 0.25) is 0 Å². The minimum atomic E-state index is -0.190. The Morgan fingerprint density at radius 3 is 2.96 bits per heavy atom. The van der Waals surface area contributed by atoms with Gasteiger partial charge >= 0.3 is 0 Å². The molecule has 1 unspecified atom stereocenters. The molecule has 3 aromatic heterocycles. The Hall–Kier alpha value is -3.22. The summed E-state index contributed by atoms with van der Waals surface area (Å²) in [5.74, 6) is 1.31. The number of rotatable bonds is 7. The molecule has 1 N–H and O–H groups in total. The third kappa shape index (κ3) is 4.19. The Bertz CT molecular complexity index is 1020. The number of pyridine rings is 2. The monoisotopic (exact) mass is 377 g/mol. The van der Waals surface area contributed by atoms with Gasteiger partial charge < -0.3 is 10.1 Å². The molecule has 0 radical (unpaired) electrons. The summed E-state index contributed by atoms with van der Waals surface area (Å²) in [6.07, 6.45) is 4.55. The molecule has 144 valence electrons. The van der Waals surface area contributed by atoms with E-state index in [2.05, 4.69) is 26.4 Å². The predicted octanol–water partition coefficient (Wildman–Crippen LogP) is 2.67. The van der Waals surface area contributed by atoms with Crippen LogP contribution in [0.25, 0.3) is 0 Å². The van der Waals surface area contributed by atoms with E-state index in [1.807, 2.05) is 31.2 Å². The normalized spacial score (nSPS) is 17.9. The number of aryl methyl sites for hydroxylation is 2. The molecule has 3 heterocycles. The highest BCUT2D eigenvalue weighted by Gasteiger charge is 2.40. The van der Waals surface area contributed by atoms with Crippen LogP contribution in [0.5, 0.6) is 5.88 Å². The van der Waals surface area contributed by atoms with Crippen LogP contribution in [0.4, 0.5) is 5.69 Å². The van der Waals surface area contributed by atoms with Gasteiger partial charge in [0.25, 0.3) is 5.56 Å². The molecule has 0 spiro atoms. The summed E-state index contributed by atoms with van der Waals surface area (Å²) in [6, 6.07) is 11.6. The first-order valence-corrected chi connectivity index (χ1v) is 9.37. The molecule has 1 fully saturated rings. The smallest absolute Gasteiger partial charge is 0.290 e. The van der Waals surface area contributed by atoms with E-state index >= 15 is 0 Å². The Balaban J connectivity index is 1.38. The van der Waals surface area contributed by atoms with E-state index in [1.54, 1.807) is 25.5 Å². The molecule has 4 rings (SSSR count). The standard InChI is InChI=1S/C21H23N5O2/c1-14-5-3-7-18(24-14)17-9-16(17)13-28-20-10-19(21(27)26(2)25-20)23-12-15-6-4-8-22-11-15/h3-8,10-11,16-17,23H,9,12-13H2,1-2H3/t16?,17-/m0/s1. The highest BCUT2D eigenvalue weighted by molar-refractivity contribution is 5.43. The second kappa shape index (κ2) is 7.80. The minimum Gasteiger partial charge on any atom is -0.476 e. The number of aromatic nitrogens is 4. The molecular weight excluding hydrogens is 354 g/mol. The van der Waals surface area contributed by atoms with Crippen LogP contribution in [-0.4, -0.2) is 26.4 Å². The van der Waals surface area contributed by atoms with E-state index in [9.17, 15) is 4.79 Å². The summed E-state index contributed by atoms with van der Waals surface area (Å²) in [5, 5.41) is 7.37. The van der Waals surface area contributed by atoms with Crippen molar-refractivity contribution in [3.8, 4) is 5.88 Å². The molecule has 1 aliphatic carbocycles. The first kappa shape index (κ1) is 18.2. The zero-order valence-corrected chi connectivity index (χ0v) is 16.0. The fourth-order valence-corrected chi connectivity index (χ4v) is 3.24. The average Bonchev–Trinajstić information content (AvgIpc) is 3.48. The number of hydrogen-bond donors (Lipinski definition) is 1. The zero-order chi connectivity index (χ0) is 19.5. The lowest BCUT2D eigenvalue weighted by Crippen LogP contribution is -2.24. The molecule has 2 atom stereocenters. The van der Waals surface area contributed by atoms with Crippen LogP contribution in [0, 0.1) is 12.8 Å². The van der Waals surface area contributed by atoms with Crippen molar-refractivity contribution in [3.05, 3.63) is 76.1 Å². The van der Waals surface area contributed by atoms with Crippen molar-refractivity contribution < 1.29 is 4.74 Å². The van der Waals surface area contributed by atoms with Crippen LogP contribution in [0.1, 0.15) is 29.3 Å². The summed E-state index contributed by atoms with van der Waals surface area (Å²) < 4.78 is 7.19. The summed E-state index contributed by atoms with van der Waals surface area (Å²) >= 11 is 0. The summed E-state index contributed by atoms with van der Waals surface area (Å²) in [5.41, 5.74) is 3.43. The predicted molar refractivity (Wildman–Crippen MR) is 106 cm³/mol. The maximum Gasteiger partial charge on any atom is 0.290 e. The third-order valence-electron chi connectivity index (χ3n) is 4.90. The van der Waals surface area contributed by atoms with Gasteiger partial charge in [-0.25, -0.2) is 4.68 Å². The van der Waals surface area contributed by atoms with Gasteiger partial charge in [-0.05, 0) is 37.1 Å². The van der Waals surface area contributed by atoms with E-state index in [4.69, 9.17) is 4.74 Å². The SMILES string of the molecule is Cc1cccc([C@H]2CC2COc2cc(NCc3cccnc3)c(=O)n(C)n2)n1. The van der Waals surface area contributed by atoms with Crippen LogP contribution in [0.15, 0.2) is 53.6 Å². The van der Waals surface area contributed by atoms with Gasteiger partial charge in [-0.15, -0.1) is 5.10 Å². The fourth-order valence-electron chi connectivity index (χ4n) is 3.24. The van der Waals surface area contributed by atoms with Gasteiger partial charge in [-0.2, -0.15) is 0 Å². The maximum absolute atomic E-state index is 12.3. The fraction of sp³-hybridized carbons (Fsp3) is 0.333. The van der Waals surface area contributed by atoms with E-state index in [0.717, 1.165) is 23.4 Å². The van der Waals surface area contributed by atoms with Gasteiger partial charge in [0.1, 0.15) is 5.69 Å². The molecule has 7 nitrogen and oxygen atoms in total. The second-order valence-corrected chi connectivity index (χ2v) is 7.16. The summed E-state index contributed by atoms with van der Waals surface area (Å²) in [6.45, 7) is 3.08. The lowest BCUT2D eigenvalue weighted by molar-refractivity contribution is 0.278. The quantitative estimate of drug-likeness (QED) is 0.682. The van der Waals surface area contributed by atoms with Crippen molar-refractivity contribution >= 4 is 5.69 Å². The van der Waals surface area contributed by atoms with Crippen molar-refractivity contribution in [2.75, 3.05) is 11.9 Å². The van der Waals surface area contributed by atoms with E-state index in [1.165, 1.54) is 4.68 Å². The third-order valence-corrected chi connectivity index (χ3v) is 4.90. The molecule has 0 aliphatic heterocycles. The number of ether oxygens (including phenoxy) is 1. The van der Waals surface area contributed by atoms with Gasteiger partial charge in [-0.1, -0.05) is 12.1 Å². The largest absolute Gasteiger partial charge is 0.476 e. The highest BCUT2D eigenvalue weighted by atomic mass is 16.5. The average molecular weight is 377 g/mol. The maximum atomic E-state index is 12.3. The summed E-state index contributed by atoms with van der Waals surface area (Å²) in [4.78, 5) is 21.0. The van der Waals surface area contributed by atoms with Crippen LogP contribution >= 0.6 is 0 Å². The second-order valence-electron chi connectivity index (χ2n) is 7.16. The van der Waals surface area contributed by atoms with Crippen molar-refractivity contribution in [2.45, 2.75) is 25.8 Å². The van der Waals surface area contributed by atoms with E-state index < -0.39 is 0 Å². The van der Waals surface area contributed by atoms with Gasteiger partial charge in [0.15, 0.2) is 0 Å². The Morgan fingerprint density at radius 1 is 1.29 bits per heavy atom. The molecule has 3 aromatic rings. The molecule has 1 saturated carbocycles. The Morgan fingerprint density at radius 2 is 2.18 bits per heavy atom. The molecule has 0 amide bonds. The Labute approximate surface area is 163 Å². The first-order chi connectivity index (χ1) is 13.6.